The lowest BCUT2D eigenvalue weighted by atomic mass is 10.7. The molecule has 1 aliphatic rings. The van der Waals surface area contributed by atoms with E-state index < -0.39 is 12.6 Å². The summed E-state index contributed by atoms with van der Waals surface area (Å²) in [5, 5.41) is 0. The van der Waals surface area contributed by atoms with Crippen molar-refractivity contribution in [1.82, 2.24) is 0 Å². The van der Waals surface area contributed by atoms with Crippen LogP contribution < -0.4 is 0 Å². The third kappa shape index (κ3) is 2.57. The van der Waals surface area contributed by atoms with Crippen LogP contribution in [0, 0.1) is 5.75 Å². The van der Waals surface area contributed by atoms with E-state index in [1.165, 1.54) is 11.3 Å². The highest BCUT2D eigenvalue weighted by Gasteiger charge is 2.34. The van der Waals surface area contributed by atoms with Gasteiger partial charge in [-0.25, -0.2) is 0 Å². The number of aliphatic imine (C=N–C) groups is 1. The van der Waals surface area contributed by atoms with Crippen molar-refractivity contribution in [3.8, 4) is 0 Å². The van der Waals surface area contributed by atoms with Gasteiger partial charge in [0.05, 0.1) is 11.3 Å². The quantitative estimate of drug-likeness (QED) is 0.598. The van der Waals surface area contributed by atoms with E-state index in [9.17, 15) is 13.2 Å². The van der Waals surface area contributed by atoms with E-state index in [0.717, 1.165) is 11.8 Å². The van der Waals surface area contributed by atoms with Crippen LogP contribution in [-0.4, -0.2) is 18.1 Å². The maximum absolute atomic E-state index is 11.4. The first-order valence-electron chi connectivity index (χ1n) is 2.33. The Morgan fingerprint density at radius 1 is 1.50 bits per heavy atom. The molecule has 6 heteroatoms. The molecule has 0 aliphatic carbocycles. The molecule has 1 heterocycles. The monoisotopic (exact) mass is 170 g/mol. The Hall–Kier alpha value is -0.230. The molecule has 0 spiro atoms. The molecule has 0 aromatic heterocycles. The molecule has 1 rings (SSSR count). The number of hydrogen-bond donors (Lipinski definition) is 0. The summed E-state index contributed by atoms with van der Waals surface area (Å²) in [6.07, 6.45) is -5.76. The minimum Gasteiger partial charge on any atom is -0.265 e. The van der Waals surface area contributed by atoms with E-state index in [1.54, 1.807) is 0 Å². The molecule has 2 nitrogen and oxygen atoms in total. The van der Waals surface area contributed by atoms with Crippen molar-refractivity contribution in [3.63, 3.8) is 0 Å². The first-order valence-corrected chi connectivity index (χ1v) is 3.27. The van der Waals surface area contributed by atoms with E-state index >= 15 is 0 Å². The second-order valence-corrected chi connectivity index (χ2v) is 2.24. The van der Waals surface area contributed by atoms with Crippen LogP contribution in [0.15, 0.2) is 4.99 Å². The molecule has 0 bridgehead atoms. The van der Waals surface area contributed by atoms with Crippen LogP contribution in [0.2, 0.25) is 0 Å². The zero-order valence-electron chi connectivity index (χ0n) is 4.63. The van der Waals surface area contributed by atoms with Gasteiger partial charge in [0, 0.05) is 0 Å². The number of nitrogens with zero attached hydrogens (tertiary/aromatic N) is 1. The van der Waals surface area contributed by atoms with Crippen LogP contribution in [0.25, 0.3) is 0 Å². The lowest BCUT2D eigenvalue weighted by Gasteiger charge is -2.09. The average Bonchev–Trinajstić information content (AvgIpc) is 2.12. The van der Waals surface area contributed by atoms with Crippen molar-refractivity contribution >= 4 is 17.3 Å². The Balaban J connectivity index is 2.31. The normalized spacial score (nSPS) is 25.7. The highest BCUT2D eigenvalue weighted by atomic mass is 32.2. The van der Waals surface area contributed by atoms with Crippen LogP contribution in [0.4, 0.5) is 13.2 Å². The number of rotatable bonds is 1. The molecule has 0 saturated heterocycles. The second kappa shape index (κ2) is 2.79. The van der Waals surface area contributed by atoms with Gasteiger partial charge in [0.2, 0.25) is 0 Å². The third-order valence-electron chi connectivity index (χ3n) is 0.718. The summed E-state index contributed by atoms with van der Waals surface area (Å²) in [5.74, 6) is 1.26. The molecule has 0 aromatic rings. The topological polar surface area (TPSA) is 21.6 Å². The summed E-state index contributed by atoms with van der Waals surface area (Å²) < 4.78 is 37.7. The van der Waals surface area contributed by atoms with Crippen LogP contribution in [0.3, 0.4) is 0 Å². The highest BCUT2D eigenvalue weighted by Crippen LogP contribution is 2.25. The molecular formula is C4H3F3NOS. The van der Waals surface area contributed by atoms with E-state index in [-0.39, 0.29) is 0 Å². The molecule has 1 atom stereocenters. The number of thioether (sulfide) groups is 1. The maximum atomic E-state index is 11.4. The Morgan fingerprint density at radius 2 is 2.20 bits per heavy atom. The van der Waals surface area contributed by atoms with Crippen molar-refractivity contribution in [3.05, 3.63) is 5.75 Å². The van der Waals surface area contributed by atoms with Crippen LogP contribution in [0.5, 0.6) is 0 Å². The van der Waals surface area contributed by atoms with Crippen molar-refractivity contribution in [2.75, 3.05) is 0 Å². The molecular weight excluding hydrogens is 167 g/mol. The Bertz CT molecular complexity index is 146. The van der Waals surface area contributed by atoms with Crippen molar-refractivity contribution in [1.29, 1.82) is 0 Å². The largest absolute Gasteiger partial charge is 0.524 e. The van der Waals surface area contributed by atoms with Gasteiger partial charge < -0.3 is 0 Å². The molecule has 0 saturated carbocycles. The summed E-state index contributed by atoms with van der Waals surface area (Å²) in [5.41, 5.74) is 1.30. The first-order chi connectivity index (χ1) is 4.58. The van der Waals surface area contributed by atoms with Gasteiger partial charge in [0.25, 0.3) is 0 Å². The van der Waals surface area contributed by atoms with Crippen LogP contribution in [-0.2, 0) is 4.74 Å². The zero-order valence-corrected chi connectivity index (χ0v) is 5.45. The average molecular weight is 170 g/mol. The summed E-state index contributed by atoms with van der Waals surface area (Å²) in [7, 11) is 0. The number of hydrogen-bond acceptors (Lipinski definition) is 3. The molecule has 1 unspecified atom stereocenters. The summed E-state index contributed by atoms with van der Waals surface area (Å²) in [6.45, 7) is 0. The molecule has 1 aliphatic heterocycles. The van der Waals surface area contributed by atoms with Gasteiger partial charge in [0.1, 0.15) is 0 Å². The minimum absolute atomic E-state index is 1.08. The molecule has 0 fully saturated rings. The third-order valence-corrected chi connectivity index (χ3v) is 1.35. The predicted molar refractivity (Wildman–Crippen MR) is 31.3 cm³/mol. The molecule has 0 amide bonds. The summed E-state index contributed by atoms with van der Waals surface area (Å²) >= 11 is 1.08. The van der Waals surface area contributed by atoms with E-state index in [4.69, 9.17) is 0 Å². The van der Waals surface area contributed by atoms with Crippen molar-refractivity contribution in [2.24, 2.45) is 4.99 Å². The van der Waals surface area contributed by atoms with Gasteiger partial charge >= 0.3 is 6.36 Å². The second-order valence-electron chi connectivity index (χ2n) is 1.48. The van der Waals surface area contributed by atoms with E-state index in [2.05, 4.69) is 9.73 Å². The van der Waals surface area contributed by atoms with Gasteiger partial charge in [-0.15, -0.1) is 24.9 Å². The molecule has 10 heavy (non-hydrogen) atoms. The smallest absolute Gasteiger partial charge is 0.265 e. The SMILES string of the molecule is FC(F)(F)OC1[CH]SC=N1. The van der Waals surface area contributed by atoms with Crippen molar-refractivity contribution in [2.45, 2.75) is 12.6 Å². The van der Waals surface area contributed by atoms with Crippen LogP contribution in [0.1, 0.15) is 0 Å². The van der Waals surface area contributed by atoms with Gasteiger partial charge in [-0.05, 0) is 0 Å². The Morgan fingerprint density at radius 3 is 2.60 bits per heavy atom. The fourth-order valence-corrected chi connectivity index (χ4v) is 0.948. The van der Waals surface area contributed by atoms with Gasteiger partial charge in [0.15, 0.2) is 6.23 Å². The standard InChI is InChI=1S/C4H3F3NOS/c5-4(6,7)9-3-1-10-2-8-3/h1-3H. The highest BCUT2D eigenvalue weighted by molar-refractivity contribution is 8.14. The molecule has 1 radical (unpaired) electrons. The van der Waals surface area contributed by atoms with E-state index in [0.29, 0.717) is 0 Å². The fraction of sp³-hybridized carbons (Fsp3) is 0.500. The Kier molecular flexibility index (Phi) is 2.20. The van der Waals surface area contributed by atoms with Gasteiger partial charge in [-0.2, -0.15) is 0 Å². The Labute approximate surface area is 59.5 Å². The summed E-state index contributed by atoms with van der Waals surface area (Å²) in [6, 6.07) is 0. The van der Waals surface area contributed by atoms with Gasteiger partial charge in [-0.3, -0.25) is 9.73 Å². The molecule has 0 N–H and O–H groups in total. The zero-order chi connectivity index (χ0) is 7.61. The number of halogens is 3. The lowest BCUT2D eigenvalue weighted by Crippen LogP contribution is -2.20. The number of alkyl halides is 3. The minimum atomic E-state index is -4.59. The fourth-order valence-electron chi connectivity index (χ4n) is 0.428. The molecule has 0 aromatic carbocycles. The van der Waals surface area contributed by atoms with E-state index in [1.807, 2.05) is 0 Å². The first kappa shape index (κ1) is 7.87. The van der Waals surface area contributed by atoms with Gasteiger partial charge in [-0.1, -0.05) is 0 Å². The lowest BCUT2D eigenvalue weighted by molar-refractivity contribution is -0.335. The molecule has 57 valence electrons. The predicted octanol–water partition coefficient (Wildman–Crippen LogP) is 1.79. The number of ether oxygens (including phenoxy) is 1. The summed E-state index contributed by atoms with van der Waals surface area (Å²) in [4.78, 5) is 3.36. The van der Waals surface area contributed by atoms with Crippen molar-refractivity contribution < 1.29 is 17.9 Å². The van der Waals surface area contributed by atoms with Crippen LogP contribution >= 0.6 is 11.8 Å². The maximum Gasteiger partial charge on any atom is 0.524 e.